The lowest BCUT2D eigenvalue weighted by atomic mass is 9.96. The Hall–Kier alpha value is -3.43. The summed E-state index contributed by atoms with van der Waals surface area (Å²) in [5.41, 5.74) is 0.0505. The predicted molar refractivity (Wildman–Crippen MR) is 141 cm³/mol. The molecule has 0 aromatic heterocycles. The van der Waals surface area contributed by atoms with Crippen molar-refractivity contribution >= 4 is 35.2 Å². The van der Waals surface area contributed by atoms with E-state index in [1.54, 1.807) is 68.1 Å². The normalized spacial score (nSPS) is 21.1. The molecule has 1 unspecified atom stereocenters. The van der Waals surface area contributed by atoms with Crippen molar-refractivity contribution in [2.45, 2.75) is 31.5 Å². The van der Waals surface area contributed by atoms with Crippen LogP contribution in [0.4, 0.5) is 0 Å². The molecule has 200 valence electrons. The first-order valence-electron chi connectivity index (χ1n) is 12.9. The summed E-state index contributed by atoms with van der Waals surface area (Å²) in [6, 6.07) is 14.9. The third-order valence-corrected chi connectivity index (χ3v) is 8.00. The number of carbonyl (C=O) groups is 4. The summed E-state index contributed by atoms with van der Waals surface area (Å²) in [7, 11) is 0. The molecule has 0 bridgehead atoms. The lowest BCUT2D eigenvalue weighted by Gasteiger charge is -2.45. The van der Waals surface area contributed by atoms with Gasteiger partial charge in [0.25, 0.3) is 11.8 Å². The van der Waals surface area contributed by atoms with Gasteiger partial charge in [0.1, 0.15) is 11.8 Å². The van der Waals surface area contributed by atoms with Gasteiger partial charge in [0, 0.05) is 75.2 Å². The first kappa shape index (κ1) is 26.2. The zero-order chi connectivity index (χ0) is 26.9. The Morgan fingerprint density at radius 3 is 1.95 bits per heavy atom. The van der Waals surface area contributed by atoms with Gasteiger partial charge >= 0.3 is 0 Å². The van der Waals surface area contributed by atoms with E-state index in [4.69, 9.17) is 16.3 Å². The number of hydrogen-bond donors (Lipinski definition) is 0. The highest BCUT2D eigenvalue weighted by atomic mass is 35.5. The molecule has 38 heavy (non-hydrogen) atoms. The smallest absolute Gasteiger partial charge is 0.256 e. The molecule has 3 saturated heterocycles. The van der Waals surface area contributed by atoms with Crippen molar-refractivity contribution in [1.29, 1.82) is 0 Å². The van der Waals surface area contributed by atoms with E-state index < -0.39 is 11.8 Å². The molecule has 0 saturated carbocycles. The topological polar surface area (TPSA) is 90.5 Å². The van der Waals surface area contributed by atoms with Crippen molar-refractivity contribution in [2.75, 3.05) is 45.9 Å². The van der Waals surface area contributed by atoms with Crippen LogP contribution in [0.5, 0.6) is 0 Å². The van der Waals surface area contributed by atoms with E-state index in [1.807, 2.05) is 6.07 Å². The van der Waals surface area contributed by atoms with Crippen LogP contribution in [0.2, 0.25) is 5.02 Å². The zero-order valence-corrected chi connectivity index (χ0v) is 22.1. The second-order valence-electron chi connectivity index (χ2n) is 9.94. The standard InChI is InChI=1S/C28H31ClN4O5/c1-20(34)30-15-17-32(18-16-30)27(37)24-19-38-28(33(24)26(36)21-5-3-2-4-6-21)11-13-31(14-12-28)25(35)22-7-9-23(29)10-8-22/h2-10,24H,11-19H2,1H3. The minimum atomic E-state index is -0.981. The van der Waals surface area contributed by atoms with Crippen molar-refractivity contribution in [2.24, 2.45) is 0 Å². The number of likely N-dealkylation sites (tertiary alicyclic amines) is 1. The molecule has 10 heteroatoms. The third-order valence-electron chi connectivity index (χ3n) is 7.74. The number of piperazine rings is 1. The Morgan fingerprint density at radius 2 is 1.34 bits per heavy atom. The summed E-state index contributed by atoms with van der Waals surface area (Å²) < 4.78 is 6.31. The van der Waals surface area contributed by atoms with Crippen LogP contribution in [0.25, 0.3) is 0 Å². The van der Waals surface area contributed by atoms with Crippen LogP contribution in [0.1, 0.15) is 40.5 Å². The van der Waals surface area contributed by atoms with Gasteiger partial charge in [0.15, 0.2) is 0 Å². The van der Waals surface area contributed by atoms with Crippen LogP contribution in [-0.2, 0) is 14.3 Å². The second-order valence-corrected chi connectivity index (χ2v) is 10.4. The molecule has 3 aliphatic rings. The molecule has 3 fully saturated rings. The fourth-order valence-corrected chi connectivity index (χ4v) is 5.69. The van der Waals surface area contributed by atoms with Crippen molar-refractivity contribution in [3.63, 3.8) is 0 Å². The third kappa shape index (κ3) is 5.00. The molecule has 1 spiro atoms. The summed E-state index contributed by atoms with van der Waals surface area (Å²) in [6.07, 6.45) is 0.791. The highest BCUT2D eigenvalue weighted by Gasteiger charge is 2.55. The predicted octanol–water partition coefficient (Wildman–Crippen LogP) is 2.50. The fraction of sp³-hybridized carbons (Fsp3) is 0.429. The van der Waals surface area contributed by atoms with Gasteiger partial charge in [-0.25, -0.2) is 0 Å². The van der Waals surface area contributed by atoms with E-state index in [2.05, 4.69) is 0 Å². The number of ether oxygens (including phenoxy) is 1. The van der Waals surface area contributed by atoms with Gasteiger partial charge in [-0.1, -0.05) is 29.8 Å². The lowest BCUT2D eigenvalue weighted by molar-refractivity contribution is -0.142. The molecule has 2 aromatic carbocycles. The Morgan fingerprint density at radius 1 is 0.763 bits per heavy atom. The highest BCUT2D eigenvalue weighted by molar-refractivity contribution is 6.30. The molecular weight excluding hydrogens is 508 g/mol. The van der Waals surface area contributed by atoms with Gasteiger partial charge < -0.3 is 19.4 Å². The number of nitrogens with zero attached hydrogens (tertiary/aromatic N) is 4. The maximum atomic E-state index is 13.9. The minimum absolute atomic E-state index is 0.0129. The van der Waals surface area contributed by atoms with Crippen LogP contribution in [0.15, 0.2) is 54.6 Å². The largest absolute Gasteiger partial charge is 0.353 e. The van der Waals surface area contributed by atoms with Crippen LogP contribution in [0.3, 0.4) is 0 Å². The quantitative estimate of drug-likeness (QED) is 0.599. The average Bonchev–Trinajstić information content (AvgIpc) is 3.31. The SMILES string of the molecule is CC(=O)N1CCN(C(=O)C2COC3(CCN(C(=O)c4ccc(Cl)cc4)CC3)N2C(=O)c2ccccc2)CC1. The Labute approximate surface area is 226 Å². The maximum absolute atomic E-state index is 13.9. The van der Waals surface area contributed by atoms with Crippen LogP contribution in [-0.4, -0.2) is 101 Å². The zero-order valence-electron chi connectivity index (χ0n) is 21.3. The number of rotatable bonds is 3. The molecule has 0 N–H and O–H groups in total. The van der Waals surface area contributed by atoms with Crippen molar-refractivity contribution in [3.05, 3.63) is 70.7 Å². The van der Waals surface area contributed by atoms with Gasteiger partial charge in [0.2, 0.25) is 11.8 Å². The molecular formula is C28H31ClN4O5. The average molecular weight is 539 g/mol. The number of amides is 4. The summed E-state index contributed by atoms with van der Waals surface area (Å²) in [5, 5.41) is 0.562. The van der Waals surface area contributed by atoms with E-state index >= 15 is 0 Å². The van der Waals surface area contributed by atoms with Gasteiger partial charge in [-0.05, 0) is 36.4 Å². The van der Waals surface area contributed by atoms with Crippen molar-refractivity contribution in [1.82, 2.24) is 19.6 Å². The summed E-state index contributed by atoms with van der Waals surface area (Å²) in [6.45, 7) is 4.15. The van der Waals surface area contributed by atoms with Crippen molar-refractivity contribution in [3.8, 4) is 0 Å². The molecule has 3 heterocycles. The molecule has 0 radical (unpaired) electrons. The molecule has 5 rings (SSSR count). The highest BCUT2D eigenvalue weighted by Crippen LogP contribution is 2.39. The van der Waals surface area contributed by atoms with E-state index in [9.17, 15) is 19.2 Å². The van der Waals surface area contributed by atoms with Gasteiger partial charge in [-0.2, -0.15) is 0 Å². The molecule has 2 aromatic rings. The molecule has 1 atom stereocenters. The number of halogens is 1. The second kappa shape index (κ2) is 10.7. The Kier molecular flexibility index (Phi) is 7.40. The van der Waals surface area contributed by atoms with E-state index in [1.165, 1.54) is 6.92 Å². The molecule has 9 nitrogen and oxygen atoms in total. The molecule has 3 aliphatic heterocycles. The number of hydrogen-bond acceptors (Lipinski definition) is 5. The number of piperidine rings is 1. The summed E-state index contributed by atoms with van der Waals surface area (Å²) in [5.74, 6) is -0.553. The van der Waals surface area contributed by atoms with Gasteiger partial charge in [0.05, 0.1) is 6.61 Å². The molecule has 4 amide bonds. The summed E-state index contributed by atoms with van der Waals surface area (Å²) in [4.78, 5) is 59.2. The minimum Gasteiger partial charge on any atom is -0.353 e. The fourth-order valence-electron chi connectivity index (χ4n) is 5.56. The maximum Gasteiger partial charge on any atom is 0.256 e. The van der Waals surface area contributed by atoms with Crippen LogP contribution >= 0.6 is 11.6 Å². The number of benzene rings is 2. The van der Waals surface area contributed by atoms with Gasteiger partial charge in [-0.15, -0.1) is 0 Å². The van der Waals surface area contributed by atoms with E-state index in [0.29, 0.717) is 68.3 Å². The van der Waals surface area contributed by atoms with E-state index in [0.717, 1.165) is 0 Å². The molecule has 0 aliphatic carbocycles. The monoisotopic (exact) mass is 538 g/mol. The first-order chi connectivity index (χ1) is 18.3. The number of carbonyl (C=O) groups excluding carboxylic acids is 4. The van der Waals surface area contributed by atoms with Crippen LogP contribution < -0.4 is 0 Å². The lowest BCUT2D eigenvalue weighted by Crippen LogP contribution is -2.61. The Balaban J connectivity index is 1.35. The first-order valence-corrected chi connectivity index (χ1v) is 13.3. The van der Waals surface area contributed by atoms with E-state index in [-0.39, 0.29) is 30.2 Å². The van der Waals surface area contributed by atoms with Crippen LogP contribution in [0, 0.1) is 0 Å². The van der Waals surface area contributed by atoms with Gasteiger partial charge in [-0.3, -0.25) is 24.1 Å². The Bertz CT molecular complexity index is 1210. The summed E-state index contributed by atoms with van der Waals surface area (Å²) >= 11 is 5.97. The van der Waals surface area contributed by atoms with Crippen molar-refractivity contribution < 1.29 is 23.9 Å².